The molecule has 0 aliphatic rings. The standard InChI is InChI=1S/C16H14ClFO2S/c17-15-4-2-1-3-13(15)11-21(20)10-9-16(19)12-5-7-14(18)8-6-12/h1-8H,9-11H2. The first-order valence-electron chi connectivity index (χ1n) is 6.43. The normalized spacial score (nSPS) is 12.1. The van der Waals surface area contributed by atoms with Crippen LogP contribution in [0, 0.1) is 5.82 Å². The average molecular weight is 325 g/mol. The van der Waals surface area contributed by atoms with E-state index in [0.717, 1.165) is 5.56 Å². The summed E-state index contributed by atoms with van der Waals surface area (Å²) < 4.78 is 24.8. The summed E-state index contributed by atoms with van der Waals surface area (Å²) in [5, 5.41) is 0.579. The van der Waals surface area contributed by atoms with Crippen molar-refractivity contribution in [1.82, 2.24) is 0 Å². The number of halogens is 2. The van der Waals surface area contributed by atoms with Gasteiger partial charge in [0.1, 0.15) is 5.82 Å². The van der Waals surface area contributed by atoms with Crippen molar-refractivity contribution in [2.24, 2.45) is 0 Å². The molecule has 0 bridgehead atoms. The number of Topliss-reactive ketones (excluding diaryl/α,β-unsaturated/α-hetero) is 1. The van der Waals surface area contributed by atoms with Gasteiger partial charge in [-0.1, -0.05) is 29.8 Å². The van der Waals surface area contributed by atoms with E-state index in [1.165, 1.54) is 24.3 Å². The van der Waals surface area contributed by atoms with Crippen molar-refractivity contribution < 1.29 is 13.4 Å². The molecule has 2 aromatic carbocycles. The third kappa shape index (κ3) is 4.76. The molecule has 0 saturated heterocycles. The van der Waals surface area contributed by atoms with Crippen LogP contribution in [-0.2, 0) is 16.6 Å². The van der Waals surface area contributed by atoms with Crippen LogP contribution >= 0.6 is 11.6 Å². The smallest absolute Gasteiger partial charge is 0.163 e. The Labute approximate surface area is 130 Å². The predicted octanol–water partition coefficient (Wildman–Crippen LogP) is 4.00. The molecule has 21 heavy (non-hydrogen) atoms. The molecule has 2 aromatic rings. The number of benzene rings is 2. The first-order chi connectivity index (χ1) is 10.1. The predicted molar refractivity (Wildman–Crippen MR) is 83.5 cm³/mol. The molecule has 0 aliphatic heterocycles. The van der Waals surface area contributed by atoms with Gasteiger partial charge >= 0.3 is 0 Å². The summed E-state index contributed by atoms with van der Waals surface area (Å²) in [5.41, 5.74) is 1.25. The van der Waals surface area contributed by atoms with E-state index in [0.29, 0.717) is 16.3 Å². The van der Waals surface area contributed by atoms with Gasteiger partial charge in [0.2, 0.25) is 0 Å². The zero-order valence-electron chi connectivity index (χ0n) is 11.2. The van der Waals surface area contributed by atoms with E-state index in [9.17, 15) is 13.4 Å². The molecule has 0 aromatic heterocycles. The van der Waals surface area contributed by atoms with Crippen molar-refractivity contribution >= 4 is 28.2 Å². The molecule has 0 amide bonds. The van der Waals surface area contributed by atoms with Crippen LogP contribution in [0.1, 0.15) is 22.3 Å². The minimum absolute atomic E-state index is 0.137. The molecule has 1 atom stereocenters. The third-order valence-electron chi connectivity index (χ3n) is 3.00. The molecule has 0 N–H and O–H groups in total. The van der Waals surface area contributed by atoms with E-state index < -0.39 is 10.8 Å². The van der Waals surface area contributed by atoms with Crippen LogP contribution in [0.25, 0.3) is 0 Å². The molecule has 0 heterocycles. The van der Waals surface area contributed by atoms with Crippen molar-refractivity contribution in [3.8, 4) is 0 Å². The number of ketones is 1. The highest BCUT2D eigenvalue weighted by Gasteiger charge is 2.10. The average Bonchev–Trinajstić information content (AvgIpc) is 2.48. The maximum atomic E-state index is 12.8. The molecule has 2 rings (SSSR count). The Morgan fingerprint density at radius 1 is 1.10 bits per heavy atom. The summed E-state index contributed by atoms with van der Waals surface area (Å²) in [4.78, 5) is 11.9. The Kier molecular flexibility index (Phi) is 5.65. The second kappa shape index (κ2) is 7.48. The van der Waals surface area contributed by atoms with Gasteiger partial charge in [-0.15, -0.1) is 0 Å². The van der Waals surface area contributed by atoms with Crippen LogP contribution in [0.3, 0.4) is 0 Å². The Bertz CT molecular complexity index is 656. The molecule has 0 fully saturated rings. The fourth-order valence-electron chi connectivity index (χ4n) is 1.85. The van der Waals surface area contributed by atoms with Crippen LogP contribution < -0.4 is 0 Å². The Hall–Kier alpha value is -1.52. The molecule has 5 heteroatoms. The van der Waals surface area contributed by atoms with Crippen molar-refractivity contribution in [2.45, 2.75) is 12.2 Å². The first-order valence-corrected chi connectivity index (χ1v) is 8.30. The lowest BCUT2D eigenvalue weighted by Gasteiger charge is -2.04. The maximum Gasteiger partial charge on any atom is 0.163 e. The highest BCUT2D eigenvalue weighted by atomic mass is 35.5. The molecule has 0 radical (unpaired) electrons. The molecule has 0 spiro atoms. The summed E-state index contributed by atoms with van der Waals surface area (Å²) in [5.74, 6) is 0.0778. The van der Waals surface area contributed by atoms with E-state index in [4.69, 9.17) is 11.6 Å². The summed E-state index contributed by atoms with van der Waals surface area (Å²) in [6, 6.07) is 12.6. The van der Waals surface area contributed by atoms with Crippen molar-refractivity contribution in [1.29, 1.82) is 0 Å². The second-order valence-corrected chi connectivity index (χ2v) is 6.54. The van der Waals surface area contributed by atoms with Crippen molar-refractivity contribution in [3.63, 3.8) is 0 Å². The topological polar surface area (TPSA) is 34.1 Å². The van der Waals surface area contributed by atoms with E-state index >= 15 is 0 Å². The van der Waals surface area contributed by atoms with Gasteiger partial charge in [-0.25, -0.2) is 4.39 Å². The molecule has 0 aliphatic carbocycles. The molecular formula is C16H14ClFO2S. The molecule has 110 valence electrons. The van der Waals surface area contributed by atoms with Crippen LogP contribution in [0.2, 0.25) is 5.02 Å². The molecule has 2 nitrogen and oxygen atoms in total. The van der Waals surface area contributed by atoms with E-state index in [2.05, 4.69) is 0 Å². The summed E-state index contributed by atoms with van der Waals surface area (Å²) in [7, 11) is -1.16. The quantitative estimate of drug-likeness (QED) is 0.753. The van der Waals surface area contributed by atoms with Gasteiger partial charge in [-0.05, 0) is 35.9 Å². The Morgan fingerprint density at radius 3 is 2.43 bits per heavy atom. The first kappa shape index (κ1) is 15.9. The summed E-state index contributed by atoms with van der Waals surface area (Å²) in [6.45, 7) is 0. The van der Waals surface area contributed by atoms with Crippen LogP contribution in [-0.4, -0.2) is 15.7 Å². The number of hydrogen-bond donors (Lipinski definition) is 0. The monoisotopic (exact) mass is 324 g/mol. The van der Waals surface area contributed by atoms with Crippen LogP contribution in [0.4, 0.5) is 4.39 Å². The highest BCUT2D eigenvalue weighted by Crippen LogP contribution is 2.17. The second-order valence-electron chi connectivity index (χ2n) is 4.56. The van der Waals surface area contributed by atoms with Crippen molar-refractivity contribution in [3.05, 3.63) is 70.5 Å². The fraction of sp³-hybridized carbons (Fsp3) is 0.188. The van der Waals surface area contributed by atoms with Gasteiger partial charge in [0.15, 0.2) is 5.78 Å². The van der Waals surface area contributed by atoms with Crippen molar-refractivity contribution in [2.75, 3.05) is 5.75 Å². The van der Waals surface area contributed by atoms with E-state index in [1.54, 1.807) is 6.07 Å². The van der Waals surface area contributed by atoms with Gasteiger partial charge in [-0.2, -0.15) is 0 Å². The largest absolute Gasteiger partial charge is 0.294 e. The van der Waals surface area contributed by atoms with Gasteiger partial charge < -0.3 is 0 Å². The number of carbonyl (C=O) groups excluding carboxylic acids is 1. The van der Waals surface area contributed by atoms with E-state index in [-0.39, 0.29) is 23.8 Å². The van der Waals surface area contributed by atoms with Crippen LogP contribution in [0.15, 0.2) is 48.5 Å². The van der Waals surface area contributed by atoms with Gasteiger partial charge in [0, 0.05) is 33.6 Å². The van der Waals surface area contributed by atoms with Gasteiger partial charge in [0.05, 0.1) is 5.75 Å². The van der Waals surface area contributed by atoms with Gasteiger partial charge in [0.25, 0.3) is 0 Å². The van der Waals surface area contributed by atoms with Gasteiger partial charge in [-0.3, -0.25) is 9.00 Å². The van der Waals surface area contributed by atoms with E-state index in [1.807, 2.05) is 18.2 Å². The molecule has 1 unspecified atom stereocenters. The summed E-state index contributed by atoms with van der Waals surface area (Å²) >= 11 is 6.00. The number of hydrogen-bond acceptors (Lipinski definition) is 2. The fourth-order valence-corrected chi connectivity index (χ4v) is 3.29. The third-order valence-corrected chi connectivity index (χ3v) is 4.66. The van der Waals surface area contributed by atoms with Crippen LogP contribution in [0.5, 0.6) is 0 Å². The SMILES string of the molecule is O=C(CCS(=O)Cc1ccccc1Cl)c1ccc(F)cc1. The summed E-state index contributed by atoms with van der Waals surface area (Å²) in [6.07, 6.45) is 0.169. The lowest BCUT2D eigenvalue weighted by atomic mass is 10.1. The molecule has 0 saturated carbocycles. The minimum Gasteiger partial charge on any atom is -0.294 e. The zero-order chi connectivity index (χ0) is 15.2. The Morgan fingerprint density at radius 2 is 1.76 bits per heavy atom. The number of rotatable bonds is 6. The number of carbonyl (C=O) groups is 1. The lowest BCUT2D eigenvalue weighted by Crippen LogP contribution is -2.08. The highest BCUT2D eigenvalue weighted by molar-refractivity contribution is 7.84. The zero-order valence-corrected chi connectivity index (χ0v) is 12.8. The maximum absolute atomic E-state index is 12.8. The minimum atomic E-state index is -1.16. The molecular weight excluding hydrogens is 311 g/mol. The Balaban J connectivity index is 1.88. The lowest BCUT2D eigenvalue weighted by molar-refractivity contribution is 0.0989.